The zero-order valence-corrected chi connectivity index (χ0v) is 20.5. The van der Waals surface area contributed by atoms with Crippen molar-refractivity contribution in [2.45, 2.75) is 30.5 Å². The number of carboxylic acids is 1. The number of aliphatic carboxylic acids is 1. The standard InChI is InChI=1S/C26H32FN3O3S/c1-29-12-3-4-25(29)34-15-14-30-13-10-18(22(17-30)26(31)32)5-7-23(27)20-9-11-28-24-8-6-19(33-2)16-21(20)24/h3-4,6,8-9,11-12,16,18,22-23H,5,7,10,13-15,17H2,1-2H3,(H,31,32)/t18-,22+,23?/m1/s1. The minimum absolute atomic E-state index is 0.0184. The lowest BCUT2D eigenvalue weighted by atomic mass is 9.81. The van der Waals surface area contributed by atoms with Gasteiger partial charge in [0.1, 0.15) is 11.9 Å². The summed E-state index contributed by atoms with van der Waals surface area (Å²) in [6.45, 7) is 2.23. The normalized spacial score (nSPS) is 19.9. The van der Waals surface area contributed by atoms with Crippen LogP contribution in [0.15, 0.2) is 53.8 Å². The topological polar surface area (TPSA) is 67.6 Å². The largest absolute Gasteiger partial charge is 0.497 e. The number of carboxylic acid groups (broad SMARTS) is 1. The fourth-order valence-corrected chi connectivity index (χ4v) is 5.83. The molecule has 1 fully saturated rings. The summed E-state index contributed by atoms with van der Waals surface area (Å²) in [4.78, 5) is 18.6. The van der Waals surface area contributed by atoms with Crippen LogP contribution < -0.4 is 4.74 Å². The van der Waals surface area contributed by atoms with Gasteiger partial charge < -0.3 is 19.3 Å². The quantitative estimate of drug-likeness (QED) is 0.399. The molecule has 34 heavy (non-hydrogen) atoms. The highest BCUT2D eigenvalue weighted by molar-refractivity contribution is 7.99. The maximum Gasteiger partial charge on any atom is 0.308 e. The number of hydrogen-bond acceptors (Lipinski definition) is 5. The molecule has 3 atom stereocenters. The summed E-state index contributed by atoms with van der Waals surface area (Å²) in [6.07, 6.45) is 4.11. The third kappa shape index (κ3) is 5.73. The predicted octanol–water partition coefficient (Wildman–Crippen LogP) is 5.19. The van der Waals surface area contributed by atoms with Crippen LogP contribution in [0.1, 0.15) is 31.0 Å². The van der Waals surface area contributed by atoms with Gasteiger partial charge in [-0.25, -0.2) is 4.39 Å². The molecule has 3 aromatic rings. The Bertz CT molecular complexity index is 1120. The molecule has 0 amide bonds. The van der Waals surface area contributed by atoms with Gasteiger partial charge in [0.25, 0.3) is 0 Å². The van der Waals surface area contributed by atoms with Crippen LogP contribution in [0.5, 0.6) is 5.75 Å². The van der Waals surface area contributed by atoms with Gasteiger partial charge in [-0.2, -0.15) is 0 Å². The van der Waals surface area contributed by atoms with E-state index in [4.69, 9.17) is 4.74 Å². The smallest absolute Gasteiger partial charge is 0.308 e. The number of benzene rings is 1. The average Bonchev–Trinajstić information content (AvgIpc) is 3.26. The lowest BCUT2D eigenvalue weighted by Crippen LogP contribution is -2.44. The minimum atomic E-state index is -1.17. The molecule has 1 aromatic carbocycles. The number of rotatable bonds is 10. The molecule has 0 bridgehead atoms. The number of thioether (sulfide) groups is 1. The second-order valence-corrected chi connectivity index (χ2v) is 10.0. The highest BCUT2D eigenvalue weighted by atomic mass is 32.2. The molecule has 1 N–H and O–H groups in total. The van der Waals surface area contributed by atoms with Crippen molar-refractivity contribution in [3.63, 3.8) is 0 Å². The zero-order valence-electron chi connectivity index (χ0n) is 19.7. The van der Waals surface area contributed by atoms with E-state index in [0.29, 0.717) is 30.7 Å². The van der Waals surface area contributed by atoms with Crippen LogP contribution in [0, 0.1) is 11.8 Å². The summed E-state index contributed by atoms with van der Waals surface area (Å²) in [5.41, 5.74) is 1.32. The average molecular weight is 486 g/mol. The molecule has 182 valence electrons. The number of alkyl halides is 1. The summed E-state index contributed by atoms with van der Waals surface area (Å²) in [7, 11) is 3.61. The maximum absolute atomic E-state index is 15.4. The van der Waals surface area contributed by atoms with E-state index in [-0.39, 0.29) is 5.92 Å². The minimum Gasteiger partial charge on any atom is -0.497 e. The van der Waals surface area contributed by atoms with Crippen LogP contribution in [-0.4, -0.2) is 58.0 Å². The molecule has 3 heterocycles. The number of fused-ring (bicyclic) bond motifs is 1. The SMILES string of the molecule is COc1ccc2nccc(C(F)CC[C@@H]3CCN(CCSc4cccn4C)C[C@@H]3C(=O)O)c2c1. The maximum atomic E-state index is 15.4. The van der Waals surface area contributed by atoms with Gasteiger partial charge in [0.2, 0.25) is 0 Å². The molecule has 2 aromatic heterocycles. The Labute approximate surface area is 204 Å². The Morgan fingerprint density at radius 1 is 1.35 bits per heavy atom. The number of piperidine rings is 1. The van der Waals surface area contributed by atoms with Gasteiger partial charge in [0.15, 0.2) is 0 Å². The predicted molar refractivity (Wildman–Crippen MR) is 133 cm³/mol. The first-order valence-corrected chi connectivity index (χ1v) is 12.7. The molecule has 0 radical (unpaired) electrons. The van der Waals surface area contributed by atoms with Gasteiger partial charge in [-0.3, -0.25) is 9.78 Å². The monoisotopic (exact) mass is 485 g/mol. The van der Waals surface area contributed by atoms with Crippen molar-refractivity contribution in [1.29, 1.82) is 0 Å². The van der Waals surface area contributed by atoms with Crippen LogP contribution >= 0.6 is 11.8 Å². The van der Waals surface area contributed by atoms with Gasteiger partial charge in [-0.1, -0.05) is 0 Å². The first-order valence-electron chi connectivity index (χ1n) is 11.7. The number of carbonyl (C=O) groups is 1. The Morgan fingerprint density at radius 3 is 2.94 bits per heavy atom. The van der Waals surface area contributed by atoms with Gasteiger partial charge in [0, 0.05) is 43.7 Å². The fraction of sp³-hybridized carbons (Fsp3) is 0.462. The van der Waals surface area contributed by atoms with E-state index in [2.05, 4.69) is 20.5 Å². The molecule has 0 saturated carbocycles. The fourth-order valence-electron chi connectivity index (χ4n) is 4.83. The molecule has 1 unspecified atom stereocenters. The van der Waals surface area contributed by atoms with Crippen LogP contribution in [0.3, 0.4) is 0 Å². The molecular formula is C26H32FN3O3S. The zero-order chi connectivity index (χ0) is 24.1. The van der Waals surface area contributed by atoms with Crippen LogP contribution in [0.4, 0.5) is 4.39 Å². The lowest BCUT2D eigenvalue weighted by Gasteiger charge is -2.36. The second-order valence-electron chi connectivity index (χ2n) is 8.93. The van der Waals surface area contributed by atoms with E-state index in [1.807, 2.05) is 37.5 Å². The molecule has 1 saturated heterocycles. The number of nitrogens with zero attached hydrogens (tertiary/aromatic N) is 3. The molecule has 1 aliphatic heterocycles. The van der Waals surface area contributed by atoms with Crippen LogP contribution in [-0.2, 0) is 11.8 Å². The second kappa shape index (κ2) is 11.2. The lowest BCUT2D eigenvalue weighted by molar-refractivity contribution is -0.146. The molecule has 0 spiro atoms. The Kier molecular flexibility index (Phi) is 8.11. The highest BCUT2D eigenvalue weighted by Crippen LogP contribution is 2.35. The third-order valence-electron chi connectivity index (χ3n) is 6.82. The van der Waals surface area contributed by atoms with Crippen molar-refractivity contribution in [3.8, 4) is 5.75 Å². The summed E-state index contributed by atoms with van der Waals surface area (Å²) in [5.74, 6) is 0.322. The van der Waals surface area contributed by atoms with Crippen molar-refractivity contribution < 1.29 is 19.0 Å². The molecule has 8 heteroatoms. The summed E-state index contributed by atoms with van der Waals surface area (Å²) < 4.78 is 22.7. The number of aromatic nitrogens is 2. The Balaban J connectivity index is 1.34. The Hall–Kier alpha value is -2.58. The van der Waals surface area contributed by atoms with E-state index in [1.165, 1.54) is 5.03 Å². The van der Waals surface area contributed by atoms with Crippen molar-refractivity contribution in [1.82, 2.24) is 14.5 Å². The number of hydrogen-bond donors (Lipinski definition) is 1. The molecule has 6 nitrogen and oxygen atoms in total. The van der Waals surface area contributed by atoms with Gasteiger partial charge >= 0.3 is 5.97 Å². The van der Waals surface area contributed by atoms with Gasteiger partial charge in [-0.05, 0) is 73.7 Å². The molecule has 1 aliphatic rings. The number of aryl methyl sites for hydroxylation is 1. The van der Waals surface area contributed by atoms with Crippen molar-refractivity contribution >= 4 is 28.6 Å². The number of pyridine rings is 1. The van der Waals surface area contributed by atoms with Crippen molar-refractivity contribution in [2.75, 3.05) is 32.5 Å². The Morgan fingerprint density at radius 2 is 2.21 bits per heavy atom. The summed E-state index contributed by atoms with van der Waals surface area (Å²) in [5, 5.41) is 11.8. The molecular weight excluding hydrogens is 453 g/mol. The summed E-state index contributed by atoms with van der Waals surface area (Å²) in [6, 6.07) is 11.3. The van der Waals surface area contributed by atoms with Crippen molar-refractivity contribution in [2.24, 2.45) is 18.9 Å². The van der Waals surface area contributed by atoms with Gasteiger partial charge in [0.05, 0.1) is 23.6 Å². The van der Waals surface area contributed by atoms with Crippen molar-refractivity contribution in [3.05, 3.63) is 54.4 Å². The third-order valence-corrected chi connectivity index (χ3v) is 7.93. The highest BCUT2D eigenvalue weighted by Gasteiger charge is 2.34. The number of halogens is 1. The molecule has 4 rings (SSSR count). The van der Waals surface area contributed by atoms with E-state index >= 15 is 4.39 Å². The molecule has 0 aliphatic carbocycles. The summed E-state index contributed by atoms with van der Waals surface area (Å²) >= 11 is 1.78. The van der Waals surface area contributed by atoms with E-state index in [0.717, 1.165) is 36.2 Å². The first-order chi connectivity index (χ1) is 16.5. The van der Waals surface area contributed by atoms with E-state index in [9.17, 15) is 9.90 Å². The first kappa shape index (κ1) is 24.5. The van der Waals surface area contributed by atoms with Crippen LogP contribution in [0.2, 0.25) is 0 Å². The van der Waals surface area contributed by atoms with Crippen LogP contribution in [0.25, 0.3) is 10.9 Å². The number of ether oxygens (including phenoxy) is 1. The number of methoxy groups -OCH3 is 1. The number of likely N-dealkylation sites (tertiary alicyclic amines) is 1. The van der Waals surface area contributed by atoms with Gasteiger partial charge in [-0.15, -0.1) is 11.8 Å². The van der Waals surface area contributed by atoms with E-state index < -0.39 is 18.1 Å². The van der Waals surface area contributed by atoms with E-state index in [1.54, 1.807) is 31.1 Å².